The molecule has 0 aromatic rings. The quantitative estimate of drug-likeness (QED) is 0.528. The van der Waals surface area contributed by atoms with Crippen LogP contribution in [-0.4, -0.2) is 18.8 Å². The average molecular weight is 210 g/mol. The number of ether oxygens (including phenoxy) is 1. The summed E-state index contributed by atoms with van der Waals surface area (Å²) >= 11 is 0. The first-order valence-corrected chi connectivity index (χ1v) is 4.24. The molecule has 0 heterocycles. The molecule has 0 saturated heterocycles. The highest BCUT2D eigenvalue weighted by molar-refractivity contribution is 5.83. The fourth-order valence-corrected chi connectivity index (χ4v) is 0.887. The first-order chi connectivity index (χ1) is 6.29. The number of hydrogen-bond acceptors (Lipinski definition) is 2. The summed E-state index contributed by atoms with van der Waals surface area (Å²) in [7, 11) is 0. The normalized spacial score (nSPS) is 13.2. The molecule has 14 heavy (non-hydrogen) atoms. The van der Waals surface area contributed by atoms with Crippen LogP contribution in [0.4, 0.5) is 13.2 Å². The van der Waals surface area contributed by atoms with Crippen LogP contribution >= 0.6 is 0 Å². The zero-order valence-electron chi connectivity index (χ0n) is 8.31. The van der Waals surface area contributed by atoms with Gasteiger partial charge in [-0.15, -0.1) is 0 Å². The fraction of sp³-hybridized carbons (Fsp3) is 0.667. The molecule has 5 heteroatoms. The molecule has 0 N–H and O–H groups in total. The number of alkyl halides is 3. The Balaban J connectivity index is 4.75. The molecule has 0 saturated carbocycles. The molecule has 0 aromatic heterocycles. The summed E-state index contributed by atoms with van der Waals surface area (Å²) in [5, 5.41) is 0. The Morgan fingerprint density at radius 2 is 1.93 bits per heavy atom. The second-order valence-electron chi connectivity index (χ2n) is 3.00. The Bertz CT molecular complexity index is 229. The third kappa shape index (κ3) is 4.30. The molecule has 0 unspecified atom stereocenters. The molecular weight excluding hydrogens is 197 g/mol. The molecule has 0 aliphatic rings. The van der Waals surface area contributed by atoms with E-state index in [0.717, 1.165) is 0 Å². The lowest BCUT2D eigenvalue weighted by atomic mass is 10.0. The number of carbonyl (C=O) groups excluding carboxylic acids is 1. The van der Waals surface area contributed by atoms with Crippen molar-refractivity contribution in [1.82, 2.24) is 0 Å². The van der Waals surface area contributed by atoms with Gasteiger partial charge in [0, 0.05) is 11.6 Å². The molecule has 2 nitrogen and oxygen atoms in total. The summed E-state index contributed by atoms with van der Waals surface area (Å²) in [4.78, 5) is 10.8. The summed E-state index contributed by atoms with van der Waals surface area (Å²) in [5.74, 6) is -1.70. The van der Waals surface area contributed by atoms with Crippen LogP contribution in [0.3, 0.4) is 0 Å². The first-order valence-electron chi connectivity index (χ1n) is 4.24. The summed E-state index contributed by atoms with van der Waals surface area (Å²) in [6.45, 7) is 4.35. The Kier molecular flexibility index (Phi) is 4.67. The van der Waals surface area contributed by atoms with Crippen LogP contribution in [0.25, 0.3) is 0 Å². The predicted octanol–water partition coefficient (Wildman–Crippen LogP) is 2.69. The number of hydrogen-bond donors (Lipinski definition) is 0. The highest BCUT2D eigenvalue weighted by Crippen LogP contribution is 2.30. The standard InChI is InChI=1S/C9H13F3O2/c1-4-14-8(13)5-7(6(2)3)9(10,11)12/h5-6H,4H2,1-3H3. The lowest BCUT2D eigenvalue weighted by Crippen LogP contribution is -2.18. The Labute approximate surface area is 80.7 Å². The summed E-state index contributed by atoms with van der Waals surface area (Å²) in [6, 6.07) is 0. The van der Waals surface area contributed by atoms with Crippen molar-refractivity contribution in [3.8, 4) is 0 Å². The molecule has 0 amide bonds. The van der Waals surface area contributed by atoms with Gasteiger partial charge in [0.15, 0.2) is 0 Å². The van der Waals surface area contributed by atoms with Gasteiger partial charge in [-0.05, 0) is 12.8 Å². The van der Waals surface area contributed by atoms with E-state index in [4.69, 9.17) is 0 Å². The van der Waals surface area contributed by atoms with Crippen molar-refractivity contribution in [2.24, 2.45) is 5.92 Å². The van der Waals surface area contributed by atoms with E-state index < -0.39 is 23.6 Å². The van der Waals surface area contributed by atoms with Crippen molar-refractivity contribution in [1.29, 1.82) is 0 Å². The van der Waals surface area contributed by atoms with Crippen molar-refractivity contribution in [3.05, 3.63) is 11.6 Å². The van der Waals surface area contributed by atoms with Crippen molar-refractivity contribution in [2.75, 3.05) is 6.61 Å². The minimum absolute atomic E-state index is 0.0680. The van der Waals surface area contributed by atoms with Gasteiger partial charge in [0.2, 0.25) is 0 Å². The molecule has 0 aliphatic carbocycles. The smallest absolute Gasteiger partial charge is 0.413 e. The molecule has 0 spiro atoms. The largest absolute Gasteiger partial charge is 0.463 e. The molecular formula is C9H13F3O2. The second-order valence-corrected chi connectivity index (χ2v) is 3.00. The van der Waals surface area contributed by atoms with E-state index in [-0.39, 0.29) is 6.61 Å². The third-order valence-electron chi connectivity index (χ3n) is 1.51. The van der Waals surface area contributed by atoms with Gasteiger partial charge >= 0.3 is 12.1 Å². The van der Waals surface area contributed by atoms with Crippen molar-refractivity contribution in [2.45, 2.75) is 26.9 Å². The van der Waals surface area contributed by atoms with Crippen LogP contribution in [0.5, 0.6) is 0 Å². The third-order valence-corrected chi connectivity index (χ3v) is 1.51. The fourth-order valence-electron chi connectivity index (χ4n) is 0.887. The SMILES string of the molecule is CCOC(=O)C=C(C(C)C)C(F)(F)F. The van der Waals surface area contributed by atoms with Gasteiger partial charge in [-0.3, -0.25) is 0 Å². The van der Waals surface area contributed by atoms with Crippen LogP contribution < -0.4 is 0 Å². The summed E-state index contributed by atoms with van der Waals surface area (Å²) in [6.07, 6.45) is -3.96. The van der Waals surface area contributed by atoms with Crippen molar-refractivity contribution >= 4 is 5.97 Å². The van der Waals surface area contributed by atoms with Crippen LogP contribution in [-0.2, 0) is 9.53 Å². The van der Waals surface area contributed by atoms with E-state index in [2.05, 4.69) is 4.74 Å². The Morgan fingerprint density at radius 3 is 2.21 bits per heavy atom. The van der Waals surface area contributed by atoms with Crippen molar-refractivity contribution in [3.63, 3.8) is 0 Å². The van der Waals surface area contributed by atoms with Gasteiger partial charge in [-0.25, -0.2) is 4.79 Å². The summed E-state index contributed by atoms with van der Waals surface area (Å²) < 4.78 is 41.3. The highest BCUT2D eigenvalue weighted by Gasteiger charge is 2.36. The van der Waals surface area contributed by atoms with E-state index in [1.54, 1.807) is 0 Å². The molecule has 0 fully saturated rings. The van der Waals surface area contributed by atoms with E-state index in [9.17, 15) is 18.0 Å². The zero-order chi connectivity index (χ0) is 11.4. The molecule has 0 aromatic carbocycles. The lowest BCUT2D eigenvalue weighted by molar-refractivity contribution is -0.138. The van der Waals surface area contributed by atoms with Crippen molar-refractivity contribution < 1.29 is 22.7 Å². The topological polar surface area (TPSA) is 26.3 Å². The van der Waals surface area contributed by atoms with Gasteiger partial charge in [0.05, 0.1) is 6.61 Å². The molecule has 82 valence electrons. The van der Waals surface area contributed by atoms with E-state index in [1.165, 1.54) is 20.8 Å². The van der Waals surface area contributed by atoms with E-state index >= 15 is 0 Å². The minimum Gasteiger partial charge on any atom is -0.463 e. The van der Waals surface area contributed by atoms with Gasteiger partial charge in [-0.1, -0.05) is 13.8 Å². The zero-order valence-corrected chi connectivity index (χ0v) is 8.31. The first kappa shape index (κ1) is 13.0. The van der Waals surface area contributed by atoms with Crippen LogP contribution in [0.2, 0.25) is 0 Å². The van der Waals surface area contributed by atoms with Gasteiger partial charge in [-0.2, -0.15) is 13.2 Å². The van der Waals surface area contributed by atoms with Gasteiger partial charge in [0.1, 0.15) is 0 Å². The minimum atomic E-state index is -4.47. The number of carbonyl (C=O) groups is 1. The number of allylic oxidation sites excluding steroid dienone is 1. The highest BCUT2D eigenvalue weighted by atomic mass is 19.4. The molecule has 0 bridgehead atoms. The molecule has 0 atom stereocenters. The van der Waals surface area contributed by atoms with E-state index in [1.807, 2.05) is 0 Å². The van der Waals surface area contributed by atoms with Crippen LogP contribution in [0.1, 0.15) is 20.8 Å². The summed E-state index contributed by atoms with van der Waals surface area (Å²) in [5.41, 5.74) is -0.865. The monoisotopic (exact) mass is 210 g/mol. The van der Waals surface area contributed by atoms with E-state index in [0.29, 0.717) is 6.08 Å². The van der Waals surface area contributed by atoms with Crippen LogP contribution in [0.15, 0.2) is 11.6 Å². The van der Waals surface area contributed by atoms with Gasteiger partial charge < -0.3 is 4.74 Å². The molecule has 0 radical (unpaired) electrons. The van der Waals surface area contributed by atoms with Gasteiger partial charge in [0.25, 0.3) is 0 Å². The number of halogens is 3. The molecule has 0 aliphatic heterocycles. The number of esters is 1. The predicted molar refractivity (Wildman–Crippen MR) is 45.6 cm³/mol. The Morgan fingerprint density at radius 1 is 1.43 bits per heavy atom. The molecule has 0 rings (SSSR count). The second kappa shape index (κ2) is 5.02. The average Bonchev–Trinajstić information content (AvgIpc) is 1.98. The Hall–Kier alpha value is -1.00. The maximum atomic E-state index is 12.3. The maximum absolute atomic E-state index is 12.3. The lowest BCUT2D eigenvalue weighted by Gasteiger charge is -2.14. The van der Waals surface area contributed by atoms with Crippen LogP contribution in [0, 0.1) is 5.92 Å². The maximum Gasteiger partial charge on any atom is 0.413 e. The number of rotatable bonds is 3.